The molecule has 1 aliphatic rings. The second-order valence-corrected chi connectivity index (χ2v) is 6.47. The number of rotatable bonds is 3. The Morgan fingerprint density at radius 2 is 2.14 bits per heavy atom. The number of hydrogen-bond donors (Lipinski definition) is 1. The third kappa shape index (κ3) is 3.55. The van der Waals surface area contributed by atoms with Crippen LogP contribution in [-0.4, -0.2) is 50.5 Å². The summed E-state index contributed by atoms with van der Waals surface area (Å²) in [7, 11) is -2.85. The summed E-state index contributed by atoms with van der Waals surface area (Å²) in [5.74, 6) is 0.240. The van der Waals surface area contributed by atoms with Gasteiger partial charge in [-0.25, -0.2) is 8.42 Å². The molecule has 0 aromatic carbocycles. The van der Waals surface area contributed by atoms with E-state index in [1.165, 1.54) is 6.26 Å². The monoisotopic (exact) mass is 220 g/mol. The van der Waals surface area contributed by atoms with Crippen LogP contribution in [0.25, 0.3) is 0 Å². The Morgan fingerprint density at radius 1 is 1.50 bits per heavy atom. The maximum absolute atomic E-state index is 11.0. The molecule has 0 amide bonds. The van der Waals surface area contributed by atoms with Crippen LogP contribution in [0.5, 0.6) is 0 Å². The van der Waals surface area contributed by atoms with Gasteiger partial charge in [-0.15, -0.1) is 0 Å². The van der Waals surface area contributed by atoms with E-state index in [0.29, 0.717) is 12.6 Å². The summed E-state index contributed by atoms with van der Waals surface area (Å²) in [5, 5.41) is 0. The highest BCUT2D eigenvalue weighted by atomic mass is 32.2. The summed E-state index contributed by atoms with van der Waals surface area (Å²) >= 11 is 0. The largest absolute Gasteiger partial charge is 0.326 e. The minimum Gasteiger partial charge on any atom is -0.326 e. The average Bonchev–Trinajstić information content (AvgIpc) is 2.06. The van der Waals surface area contributed by atoms with Crippen LogP contribution in [0.2, 0.25) is 0 Å². The topological polar surface area (TPSA) is 63.4 Å². The predicted molar refractivity (Wildman–Crippen MR) is 58.0 cm³/mol. The van der Waals surface area contributed by atoms with Gasteiger partial charge in [-0.05, 0) is 26.3 Å². The lowest BCUT2D eigenvalue weighted by molar-refractivity contribution is 0.149. The summed E-state index contributed by atoms with van der Waals surface area (Å²) in [5.41, 5.74) is 5.92. The number of nitrogens with two attached hydrogens (primary N) is 1. The number of likely N-dealkylation sites (tertiary alicyclic amines) is 1. The minimum atomic E-state index is -2.85. The molecule has 4 nitrogen and oxygen atoms in total. The highest BCUT2D eigenvalue weighted by molar-refractivity contribution is 7.90. The quantitative estimate of drug-likeness (QED) is 0.718. The summed E-state index contributed by atoms with van der Waals surface area (Å²) in [6.45, 7) is 3.67. The number of sulfone groups is 1. The molecule has 2 N–H and O–H groups in total. The van der Waals surface area contributed by atoms with Gasteiger partial charge in [0.15, 0.2) is 0 Å². The van der Waals surface area contributed by atoms with E-state index in [2.05, 4.69) is 11.8 Å². The summed E-state index contributed by atoms with van der Waals surface area (Å²) in [4.78, 5) is 2.18. The molecular formula is C9H20N2O2S. The Hall–Kier alpha value is -0.130. The second kappa shape index (κ2) is 4.59. The summed E-state index contributed by atoms with van der Waals surface area (Å²) in [6, 6.07) is 0.508. The van der Waals surface area contributed by atoms with Crippen LogP contribution in [-0.2, 0) is 9.84 Å². The average molecular weight is 220 g/mol. The first-order valence-electron chi connectivity index (χ1n) is 5.07. The molecule has 84 valence electrons. The lowest BCUT2D eigenvalue weighted by atomic mass is 9.99. The Bertz CT molecular complexity index is 277. The molecule has 1 fully saturated rings. The van der Waals surface area contributed by atoms with Crippen molar-refractivity contribution in [2.45, 2.75) is 31.8 Å². The van der Waals surface area contributed by atoms with Crippen LogP contribution in [0.3, 0.4) is 0 Å². The van der Waals surface area contributed by atoms with Gasteiger partial charge < -0.3 is 5.73 Å². The molecule has 1 rings (SSSR count). The molecule has 0 saturated carbocycles. The lowest BCUT2D eigenvalue weighted by Gasteiger charge is -2.37. The minimum absolute atomic E-state index is 0.198. The van der Waals surface area contributed by atoms with Gasteiger partial charge in [0.05, 0.1) is 5.75 Å². The van der Waals surface area contributed by atoms with Gasteiger partial charge in [0.2, 0.25) is 0 Å². The number of nitrogens with zero attached hydrogens (tertiary/aromatic N) is 1. The molecule has 0 aromatic heterocycles. The Kier molecular flexibility index (Phi) is 3.92. The fraction of sp³-hybridized carbons (Fsp3) is 1.00. The summed E-state index contributed by atoms with van der Waals surface area (Å²) in [6.07, 6.45) is 3.41. The zero-order chi connectivity index (χ0) is 10.8. The van der Waals surface area contributed by atoms with Gasteiger partial charge >= 0.3 is 0 Å². The molecule has 1 heterocycles. The van der Waals surface area contributed by atoms with Crippen LogP contribution in [0.1, 0.15) is 19.8 Å². The van der Waals surface area contributed by atoms with Gasteiger partial charge in [-0.2, -0.15) is 0 Å². The Morgan fingerprint density at radius 3 is 2.71 bits per heavy atom. The maximum Gasteiger partial charge on any atom is 0.148 e. The van der Waals surface area contributed by atoms with Crippen molar-refractivity contribution < 1.29 is 8.42 Å². The van der Waals surface area contributed by atoms with Crippen molar-refractivity contribution in [3.05, 3.63) is 0 Å². The highest BCUT2D eigenvalue weighted by Gasteiger charge is 2.25. The highest BCUT2D eigenvalue weighted by Crippen LogP contribution is 2.15. The first-order valence-corrected chi connectivity index (χ1v) is 7.13. The van der Waals surface area contributed by atoms with Crippen molar-refractivity contribution in [1.29, 1.82) is 0 Å². The molecule has 0 aliphatic carbocycles. The van der Waals surface area contributed by atoms with E-state index >= 15 is 0 Å². The van der Waals surface area contributed by atoms with Gasteiger partial charge in [0, 0.05) is 24.9 Å². The van der Waals surface area contributed by atoms with Crippen LogP contribution < -0.4 is 5.73 Å². The third-order valence-corrected chi connectivity index (χ3v) is 3.85. The first kappa shape index (κ1) is 11.9. The van der Waals surface area contributed by atoms with Crippen LogP contribution in [0.15, 0.2) is 0 Å². The molecular weight excluding hydrogens is 200 g/mol. The van der Waals surface area contributed by atoms with Gasteiger partial charge in [0.25, 0.3) is 0 Å². The Balaban J connectivity index is 2.44. The van der Waals surface area contributed by atoms with Gasteiger partial charge in [-0.3, -0.25) is 4.90 Å². The second-order valence-electron chi connectivity index (χ2n) is 4.21. The number of piperidine rings is 1. The van der Waals surface area contributed by atoms with Crippen molar-refractivity contribution in [2.24, 2.45) is 5.73 Å². The van der Waals surface area contributed by atoms with Gasteiger partial charge in [-0.1, -0.05) is 0 Å². The molecule has 5 heteroatoms. The lowest BCUT2D eigenvalue weighted by Crippen LogP contribution is -2.51. The van der Waals surface area contributed by atoms with Crippen molar-refractivity contribution in [3.8, 4) is 0 Å². The molecule has 0 spiro atoms. The van der Waals surface area contributed by atoms with Gasteiger partial charge in [0.1, 0.15) is 9.84 Å². The van der Waals surface area contributed by atoms with E-state index in [9.17, 15) is 8.42 Å². The van der Waals surface area contributed by atoms with Crippen molar-refractivity contribution in [3.63, 3.8) is 0 Å². The van der Waals surface area contributed by atoms with Crippen molar-refractivity contribution in [2.75, 3.05) is 25.1 Å². The molecule has 0 unspecified atom stereocenters. The third-order valence-electron chi connectivity index (χ3n) is 2.93. The first-order chi connectivity index (χ1) is 6.40. The molecule has 1 aliphatic heterocycles. The molecule has 14 heavy (non-hydrogen) atoms. The number of hydrogen-bond acceptors (Lipinski definition) is 4. The predicted octanol–water partition coefficient (Wildman–Crippen LogP) is -0.157. The van der Waals surface area contributed by atoms with E-state index in [0.717, 1.165) is 19.4 Å². The normalized spacial score (nSPS) is 30.5. The van der Waals surface area contributed by atoms with Crippen LogP contribution >= 0.6 is 0 Å². The van der Waals surface area contributed by atoms with E-state index in [1.807, 2.05) is 0 Å². The smallest absolute Gasteiger partial charge is 0.148 e. The zero-order valence-corrected chi connectivity index (χ0v) is 9.76. The van der Waals surface area contributed by atoms with E-state index in [1.54, 1.807) is 0 Å². The van der Waals surface area contributed by atoms with E-state index in [-0.39, 0.29) is 11.8 Å². The maximum atomic E-state index is 11.0. The molecule has 1 saturated heterocycles. The van der Waals surface area contributed by atoms with E-state index < -0.39 is 9.84 Å². The molecule has 2 atom stereocenters. The fourth-order valence-electron chi connectivity index (χ4n) is 1.84. The molecule has 0 bridgehead atoms. The standard InChI is InChI=1S/C9H20N2O2S/c1-8-9(10)4-3-5-11(8)6-7-14(2,12)13/h8-9H,3-7,10H2,1-2H3/t8-,9-/m1/s1. The zero-order valence-electron chi connectivity index (χ0n) is 8.94. The summed E-state index contributed by atoms with van der Waals surface area (Å²) < 4.78 is 22.0. The van der Waals surface area contributed by atoms with Crippen molar-refractivity contribution in [1.82, 2.24) is 4.90 Å². The fourth-order valence-corrected chi connectivity index (χ4v) is 2.41. The van der Waals surface area contributed by atoms with Crippen LogP contribution in [0.4, 0.5) is 0 Å². The van der Waals surface area contributed by atoms with E-state index in [4.69, 9.17) is 5.73 Å². The molecule has 0 aromatic rings. The SMILES string of the molecule is C[C@@H]1[C@H](N)CCCN1CCS(C)(=O)=O. The van der Waals surface area contributed by atoms with Crippen molar-refractivity contribution >= 4 is 9.84 Å². The van der Waals surface area contributed by atoms with Crippen LogP contribution in [0, 0.1) is 0 Å². The Labute approximate surface area is 86.4 Å². The molecule has 0 radical (unpaired) electrons.